The summed E-state index contributed by atoms with van der Waals surface area (Å²) in [6, 6.07) is 9.88. The van der Waals surface area contributed by atoms with Gasteiger partial charge in [-0.1, -0.05) is 11.6 Å². The van der Waals surface area contributed by atoms with Crippen LogP contribution in [0.2, 0.25) is 0 Å². The average molecular weight is 269 g/mol. The van der Waals surface area contributed by atoms with Crippen molar-refractivity contribution >= 4 is 12.0 Å². The van der Waals surface area contributed by atoms with Gasteiger partial charge >= 0.3 is 0 Å². The normalized spacial score (nSPS) is 10.8. The van der Waals surface area contributed by atoms with E-state index in [9.17, 15) is 0 Å². The summed E-state index contributed by atoms with van der Waals surface area (Å²) in [4.78, 5) is 10.8. The van der Waals surface area contributed by atoms with Crippen LogP contribution in [0.3, 0.4) is 0 Å². The zero-order valence-electron chi connectivity index (χ0n) is 12.3. The highest BCUT2D eigenvalue weighted by atomic mass is 16.5. The molecule has 20 heavy (non-hydrogen) atoms. The highest BCUT2D eigenvalue weighted by Gasteiger charge is 2.11. The fourth-order valence-corrected chi connectivity index (χ4v) is 1.89. The van der Waals surface area contributed by atoms with Crippen molar-refractivity contribution in [1.29, 1.82) is 0 Å². The van der Waals surface area contributed by atoms with Crippen LogP contribution in [-0.4, -0.2) is 37.4 Å². The van der Waals surface area contributed by atoms with Gasteiger partial charge in [-0.15, -0.1) is 0 Å². The van der Waals surface area contributed by atoms with Gasteiger partial charge in [-0.3, -0.25) is 4.98 Å². The molecule has 0 aliphatic heterocycles. The van der Waals surface area contributed by atoms with Crippen LogP contribution in [0, 0.1) is 6.92 Å². The van der Waals surface area contributed by atoms with Crippen molar-refractivity contribution in [2.75, 3.05) is 21.2 Å². The number of ether oxygens (including phenoxy) is 1. The number of methoxy groups -OCH3 is 1. The molecule has 0 fully saturated rings. The lowest BCUT2D eigenvalue weighted by molar-refractivity contribution is 0.416. The Morgan fingerprint density at radius 1 is 1.25 bits per heavy atom. The Labute approximate surface area is 119 Å². The SMILES string of the molecule is COc1ccc(C)cc1-c1ncccc1N=CN(C)C. The molecule has 4 nitrogen and oxygen atoms in total. The molecule has 0 aliphatic carbocycles. The second kappa shape index (κ2) is 6.19. The van der Waals surface area contributed by atoms with E-state index in [4.69, 9.17) is 4.74 Å². The van der Waals surface area contributed by atoms with Crippen LogP contribution in [0.5, 0.6) is 5.75 Å². The van der Waals surface area contributed by atoms with E-state index in [2.05, 4.69) is 23.0 Å². The van der Waals surface area contributed by atoms with Crippen molar-refractivity contribution in [3.05, 3.63) is 42.1 Å². The van der Waals surface area contributed by atoms with E-state index >= 15 is 0 Å². The standard InChI is InChI=1S/C16H19N3O/c1-12-7-8-15(20-4)13(10-12)16-14(6-5-9-17-16)18-11-19(2)3/h5-11H,1-4H3. The lowest BCUT2D eigenvalue weighted by atomic mass is 10.1. The topological polar surface area (TPSA) is 37.7 Å². The molecular formula is C16H19N3O. The molecule has 0 saturated heterocycles. The van der Waals surface area contributed by atoms with Gasteiger partial charge < -0.3 is 9.64 Å². The van der Waals surface area contributed by atoms with Crippen molar-refractivity contribution < 1.29 is 4.74 Å². The first-order valence-corrected chi connectivity index (χ1v) is 6.42. The number of aliphatic imine (C=N–C) groups is 1. The van der Waals surface area contributed by atoms with E-state index in [1.54, 1.807) is 19.6 Å². The van der Waals surface area contributed by atoms with Crippen LogP contribution < -0.4 is 4.74 Å². The molecule has 0 atom stereocenters. The molecule has 0 saturated carbocycles. The monoisotopic (exact) mass is 269 g/mol. The van der Waals surface area contributed by atoms with Gasteiger partial charge in [-0.2, -0.15) is 0 Å². The van der Waals surface area contributed by atoms with E-state index < -0.39 is 0 Å². The molecule has 2 rings (SSSR count). The van der Waals surface area contributed by atoms with Gasteiger partial charge in [0.1, 0.15) is 5.75 Å². The molecule has 0 bridgehead atoms. The first-order valence-electron chi connectivity index (χ1n) is 6.42. The maximum Gasteiger partial charge on any atom is 0.128 e. The zero-order valence-corrected chi connectivity index (χ0v) is 12.3. The van der Waals surface area contributed by atoms with E-state index in [1.165, 1.54) is 0 Å². The highest BCUT2D eigenvalue weighted by molar-refractivity contribution is 5.79. The Hall–Kier alpha value is -2.36. The summed E-state index contributed by atoms with van der Waals surface area (Å²) < 4.78 is 5.43. The fraction of sp³-hybridized carbons (Fsp3) is 0.250. The third-order valence-electron chi connectivity index (χ3n) is 2.82. The average Bonchev–Trinajstić information content (AvgIpc) is 2.45. The molecule has 1 heterocycles. The van der Waals surface area contributed by atoms with Crippen LogP contribution >= 0.6 is 0 Å². The van der Waals surface area contributed by atoms with Crippen molar-refractivity contribution in [1.82, 2.24) is 9.88 Å². The number of hydrogen-bond donors (Lipinski definition) is 0. The molecule has 0 N–H and O–H groups in total. The summed E-state index contributed by atoms with van der Waals surface area (Å²) in [5.74, 6) is 0.801. The molecule has 2 aromatic rings. The van der Waals surface area contributed by atoms with Crippen molar-refractivity contribution in [3.8, 4) is 17.0 Å². The van der Waals surface area contributed by atoms with Gasteiger partial charge in [0.15, 0.2) is 0 Å². The summed E-state index contributed by atoms with van der Waals surface area (Å²) in [6.45, 7) is 2.05. The third-order valence-corrected chi connectivity index (χ3v) is 2.82. The Bertz CT molecular complexity index is 621. The lowest BCUT2D eigenvalue weighted by Gasteiger charge is -2.11. The highest BCUT2D eigenvalue weighted by Crippen LogP contribution is 2.35. The summed E-state index contributed by atoms with van der Waals surface area (Å²) >= 11 is 0. The predicted octanol–water partition coefficient (Wildman–Crippen LogP) is 3.29. The van der Waals surface area contributed by atoms with Crippen LogP contribution in [-0.2, 0) is 0 Å². The minimum Gasteiger partial charge on any atom is -0.496 e. The molecule has 0 amide bonds. The second-order valence-corrected chi connectivity index (χ2v) is 4.78. The first-order chi connectivity index (χ1) is 9.61. The van der Waals surface area contributed by atoms with Crippen LogP contribution in [0.4, 0.5) is 5.69 Å². The Morgan fingerprint density at radius 2 is 2.05 bits per heavy atom. The van der Waals surface area contributed by atoms with E-state index in [0.29, 0.717) is 0 Å². The van der Waals surface area contributed by atoms with Crippen LogP contribution in [0.25, 0.3) is 11.3 Å². The number of aromatic nitrogens is 1. The third kappa shape index (κ3) is 3.15. The number of aryl methyl sites for hydroxylation is 1. The number of rotatable bonds is 4. The van der Waals surface area contributed by atoms with Gasteiger partial charge in [0.2, 0.25) is 0 Å². The molecular weight excluding hydrogens is 250 g/mol. The summed E-state index contributed by atoms with van der Waals surface area (Å²) in [5, 5.41) is 0. The summed E-state index contributed by atoms with van der Waals surface area (Å²) in [5.41, 5.74) is 3.77. The fourth-order valence-electron chi connectivity index (χ4n) is 1.89. The van der Waals surface area contributed by atoms with E-state index in [1.807, 2.05) is 43.3 Å². The van der Waals surface area contributed by atoms with E-state index in [0.717, 1.165) is 28.3 Å². The van der Waals surface area contributed by atoms with Crippen molar-refractivity contribution in [3.63, 3.8) is 0 Å². The van der Waals surface area contributed by atoms with Crippen molar-refractivity contribution in [2.45, 2.75) is 6.92 Å². The minimum absolute atomic E-state index is 0.801. The lowest BCUT2D eigenvalue weighted by Crippen LogP contribution is -2.07. The molecule has 1 aromatic carbocycles. The van der Waals surface area contributed by atoms with Crippen LogP contribution in [0.1, 0.15) is 5.56 Å². The van der Waals surface area contributed by atoms with E-state index in [-0.39, 0.29) is 0 Å². The number of pyridine rings is 1. The van der Waals surface area contributed by atoms with Gasteiger partial charge in [0, 0.05) is 25.9 Å². The second-order valence-electron chi connectivity index (χ2n) is 4.78. The minimum atomic E-state index is 0.801. The quantitative estimate of drug-likeness (QED) is 0.631. The summed E-state index contributed by atoms with van der Waals surface area (Å²) in [6.07, 6.45) is 3.54. The van der Waals surface area contributed by atoms with Gasteiger partial charge in [-0.05, 0) is 31.2 Å². The van der Waals surface area contributed by atoms with Gasteiger partial charge in [0.25, 0.3) is 0 Å². The Kier molecular flexibility index (Phi) is 4.35. The molecule has 1 aromatic heterocycles. The summed E-state index contributed by atoms with van der Waals surface area (Å²) in [7, 11) is 5.54. The number of hydrogen-bond acceptors (Lipinski definition) is 3. The van der Waals surface area contributed by atoms with Crippen LogP contribution in [0.15, 0.2) is 41.5 Å². The largest absolute Gasteiger partial charge is 0.496 e. The smallest absolute Gasteiger partial charge is 0.128 e. The number of nitrogens with zero attached hydrogens (tertiary/aromatic N) is 3. The Balaban J connectivity index is 2.55. The van der Waals surface area contributed by atoms with Crippen molar-refractivity contribution in [2.24, 2.45) is 4.99 Å². The van der Waals surface area contributed by atoms with Gasteiger partial charge in [-0.25, -0.2) is 4.99 Å². The van der Waals surface area contributed by atoms with Gasteiger partial charge in [0.05, 0.1) is 24.8 Å². The maximum atomic E-state index is 5.43. The Morgan fingerprint density at radius 3 is 2.75 bits per heavy atom. The maximum absolute atomic E-state index is 5.43. The number of benzene rings is 1. The molecule has 104 valence electrons. The molecule has 0 radical (unpaired) electrons. The molecule has 0 aliphatic rings. The zero-order chi connectivity index (χ0) is 14.5. The molecule has 0 unspecified atom stereocenters. The molecule has 0 spiro atoms. The predicted molar refractivity (Wildman–Crippen MR) is 82.8 cm³/mol. The molecule has 4 heteroatoms. The first kappa shape index (κ1) is 14.1.